The molecular weight excluding hydrogens is 292 g/mol. The highest BCUT2D eigenvalue weighted by Crippen LogP contribution is 2.17. The van der Waals surface area contributed by atoms with Crippen LogP contribution in [0, 0.1) is 0 Å². The monoisotopic (exact) mass is 328 g/mol. The van der Waals surface area contributed by atoms with Gasteiger partial charge in [0.25, 0.3) is 0 Å². The molecule has 0 radical (unpaired) electrons. The number of hydrogen-bond donors (Lipinski definition) is 1. The number of phenols is 1. The maximum absolute atomic E-state index is 9.65. The molecule has 0 aliphatic carbocycles. The van der Waals surface area contributed by atoms with E-state index in [4.69, 9.17) is 0 Å². The molecular formula is C23H36O. The van der Waals surface area contributed by atoms with Crippen LogP contribution in [0.3, 0.4) is 0 Å². The van der Waals surface area contributed by atoms with Gasteiger partial charge in [-0.15, -0.1) is 0 Å². The van der Waals surface area contributed by atoms with Gasteiger partial charge in [-0.05, 0) is 18.9 Å². The lowest BCUT2D eigenvalue weighted by Crippen LogP contribution is -1.81. The maximum Gasteiger partial charge on any atom is 0.122 e. The van der Waals surface area contributed by atoms with Crippen LogP contribution in [0.1, 0.15) is 89.5 Å². The van der Waals surface area contributed by atoms with Crippen LogP contribution in [0.2, 0.25) is 0 Å². The highest BCUT2D eigenvalue weighted by atomic mass is 16.3. The Morgan fingerprint density at radius 2 is 1.33 bits per heavy atom. The molecule has 1 aromatic carbocycles. The fraction of sp³-hybridized carbons (Fsp3) is 0.565. The number of benzene rings is 1. The molecule has 24 heavy (non-hydrogen) atoms. The molecule has 134 valence electrons. The van der Waals surface area contributed by atoms with Crippen LogP contribution >= 0.6 is 0 Å². The van der Waals surface area contributed by atoms with Gasteiger partial charge in [0.1, 0.15) is 5.75 Å². The Balaban J connectivity index is 1.90. The molecule has 0 heterocycles. The van der Waals surface area contributed by atoms with E-state index in [1.165, 1.54) is 70.6 Å². The lowest BCUT2D eigenvalue weighted by Gasteiger charge is -2.01. The van der Waals surface area contributed by atoms with Crippen molar-refractivity contribution in [1.82, 2.24) is 0 Å². The predicted octanol–water partition coefficient (Wildman–Crippen LogP) is 7.66. The van der Waals surface area contributed by atoms with Crippen LogP contribution in [-0.2, 0) is 0 Å². The number of rotatable bonds is 14. The molecule has 1 rings (SSSR count). The van der Waals surface area contributed by atoms with Crippen molar-refractivity contribution in [3.63, 3.8) is 0 Å². The van der Waals surface area contributed by atoms with Crippen molar-refractivity contribution in [1.29, 1.82) is 0 Å². The summed E-state index contributed by atoms with van der Waals surface area (Å²) in [5.74, 6) is 0.340. The van der Waals surface area contributed by atoms with E-state index in [1.807, 2.05) is 30.4 Å². The SMILES string of the molecule is CCCCCCCCCCCCCC=CC=Cc1ccccc1O. The fourth-order valence-corrected chi connectivity index (χ4v) is 2.89. The van der Waals surface area contributed by atoms with Gasteiger partial charge in [-0.3, -0.25) is 0 Å². The van der Waals surface area contributed by atoms with Gasteiger partial charge in [-0.2, -0.15) is 0 Å². The van der Waals surface area contributed by atoms with E-state index in [-0.39, 0.29) is 0 Å². The van der Waals surface area contributed by atoms with Crippen LogP contribution in [0.5, 0.6) is 5.75 Å². The Morgan fingerprint density at radius 3 is 1.96 bits per heavy atom. The molecule has 0 unspecified atom stereocenters. The first-order valence-electron chi connectivity index (χ1n) is 9.95. The first-order chi connectivity index (χ1) is 11.8. The summed E-state index contributed by atoms with van der Waals surface area (Å²) in [6.45, 7) is 2.28. The van der Waals surface area contributed by atoms with Gasteiger partial charge in [0, 0.05) is 5.56 Å². The summed E-state index contributed by atoms with van der Waals surface area (Å²) in [7, 11) is 0. The highest BCUT2D eigenvalue weighted by molar-refractivity contribution is 5.57. The average Bonchev–Trinajstić information content (AvgIpc) is 2.60. The van der Waals surface area contributed by atoms with Crippen LogP contribution in [-0.4, -0.2) is 5.11 Å². The van der Waals surface area contributed by atoms with Crippen LogP contribution in [0.4, 0.5) is 0 Å². The second kappa shape index (κ2) is 15.1. The van der Waals surface area contributed by atoms with Crippen molar-refractivity contribution in [2.24, 2.45) is 0 Å². The fourth-order valence-electron chi connectivity index (χ4n) is 2.89. The normalized spacial score (nSPS) is 11.7. The molecule has 1 aromatic rings. The lowest BCUT2D eigenvalue weighted by molar-refractivity contribution is 0.474. The molecule has 1 heteroatoms. The number of hydrogen-bond acceptors (Lipinski definition) is 1. The molecule has 0 aromatic heterocycles. The minimum Gasteiger partial charge on any atom is -0.507 e. The molecule has 0 bridgehead atoms. The number of para-hydroxylation sites is 1. The van der Waals surface area contributed by atoms with E-state index in [0.717, 1.165) is 12.0 Å². The van der Waals surface area contributed by atoms with Gasteiger partial charge in [-0.25, -0.2) is 0 Å². The highest BCUT2D eigenvalue weighted by Gasteiger charge is 1.93. The summed E-state index contributed by atoms with van der Waals surface area (Å²) in [4.78, 5) is 0. The zero-order valence-electron chi connectivity index (χ0n) is 15.6. The number of aromatic hydroxyl groups is 1. The Kier molecular flexibility index (Phi) is 12.9. The standard InChI is InChI=1S/C23H36O/c1-2-3-4-5-6-7-8-9-10-11-12-13-14-15-16-19-22-20-17-18-21-23(22)24/h14-21,24H,2-13H2,1H3. The molecule has 0 saturated heterocycles. The van der Waals surface area contributed by atoms with E-state index >= 15 is 0 Å². The molecule has 0 fully saturated rings. The largest absolute Gasteiger partial charge is 0.507 e. The second-order valence-corrected chi connectivity index (χ2v) is 6.67. The van der Waals surface area contributed by atoms with Crippen molar-refractivity contribution in [2.75, 3.05) is 0 Å². The Bertz CT molecular complexity index is 459. The molecule has 0 aliphatic heterocycles. The molecule has 0 saturated carbocycles. The van der Waals surface area contributed by atoms with Crippen molar-refractivity contribution in [3.8, 4) is 5.75 Å². The number of phenolic OH excluding ortho intramolecular Hbond substituents is 1. The lowest BCUT2D eigenvalue weighted by atomic mass is 10.1. The van der Waals surface area contributed by atoms with Gasteiger partial charge in [0.2, 0.25) is 0 Å². The molecule has 0 atom stereocenters. The Labute approximate surface area is 149 Å². The summed E-state index contributed by atoms with van der Waals surface area (Å²) in [5, 5.41) is 9.65. The molecule has 0 aliphatic rings. The maximum atomic E-state index is 9.65. The zero-order valence-corrected chi connectivity index (χ0v) is 15.6. The van der Waals surface area contributed by atoms with Crippen LogP contribution < -0.4 is 0 Å². The van der Waals surface area contributed by atoms with E-state index < -0.39 is 0 Å². The van der Waals surface area contributed by atoms with Crippen LogP contribution in [0.15, 0.2) is 42.5 Å². The zero-order chi connectivity index (χ0) is 17.3. The van der Waals surface area contributed by atoms with Crippen molar-refractivity contribution < 1.29 is 5.11 Å². The van der Waals surface area contributed by atoms with E-state index in [9.17, 15) is 5.11 Å². The summed E-state index contributed by atoms with van der Waals surface area (Å²) >= 11 is 0. The average molecular weight is 329 g/mol. The topological polar surface area (TPSA) is 20.2 Å². The third kappa shape index (κ3) is 11.1. The Hall–Kier alpha value is -1.50. The van der Waals surface area contributed by atoms with Crippen molar-refractivity contribution in [3.05, 3.63) is 48.1 Å². The van der Waals surface area contributed by atoms with Crippen molar-refractivity contribution >= 4 is 6.08 Å². The molecule has 0 spiro atoms. The quantitative estimate of drug-likeness (QED) is 0.274. The van der Waals surface area contributed by atoms with Gasteiger partial charge < -0.3 is 5.11 Å². The third-order valence-corrected chi connectivity index (χ3v) is 4.43. The summed E-state index contributed by atoms with van der Waals surface area (Å²) in [6.07, 6.45) is 24.8. The van der Waals surface area contributed by atoms with E-state index in [0.29, 0.717) is 5.75 Å². The molecule has 1 nitrogen and oxygen atoms in total. The molecule has 1 N–H and O–H groups in total. The van der Waals surface area contributed by atoms with Gasteiger partial charge >= 0.3 is 0 Å². The minimum absolute atomic E-state index is 0.340. The Morgan fingerprint density at radius 1 is 0.750 bits per heavy atom. The van der Waals surface area contributed by atoms with Crippen LogP contribution in [0.25, 0.3) is 6.08 Å². The van der Waals surface area contributed by atoms with Gasteiger partial charge in [0.05, 0.1) is 0 Å². The minimum atomic E-state index is 0.340. The smallest absolute Gasteiger partial charge is 0.122 e. The van der Waals surface area contributed by atoms with Gasteiger partial charge in [0.15, 0.2) is 0 Å². The summed E-state index contributed by atoms with van der Waals surface area (Å²) in [5.41, 5.74) is 0.872. The summed E-state index contributed by atoms with van der Waals surface area (Å²) < 4.78 is 0. The molecule has 0 amide bonds. The van der Waals surface area contributed by atoms with Crippen molar-refractivity contribution in [2.45, 2.75) is 84.0 Å². The predicted molar refractivity (Wildman–Crippen MR) is 107 cm³/mol. The first-order valence-corrected chi connectivity index (χ1v) is 9.95. The third-order valence-electron chi connectivity index (χ3n) is 4.43. The van der Waals surface area contributed by atoms with E-state index in [2.05, 4.69) is 19.1 Å². The second-order valence-electron chi connectivity index (χ2n) is 6.67. The summed E-state index contributed by atoms with van der Waals surface area (Å²) in [6, 6.07) is 7.42. The first kappa shape index (κ1) is 20.5. The number of unbranched alkanes of at least 4 members (excludes halogenated alkanes) is 11. The van der Waals surface area contributed by atoms with E-state index in [1.54, 1.807) is 6.07 Å². The number of allylic oxidation sites excluding steroid dienone is 3. The van der Waals surface area contributed by atoms with Gasteiger partial charge in [-0.1, -0.05) is 114 Å².